The van der Waals surface area contributed by atoms with Gasteiger partial charge in [0, 0.05) is 25.2 Å². The maximum absolute atomic E-state index is 12.4. The van der Waals surface area contributed by atoms with Crippen LogP contribution in [0, 0.1) is 10.1 Å². The van der Waals surface area contributed by atoms with Crippen LogP contribution >= 0.6 is 0 Å². The summed E-state index contributed by atoms with van der Waals surface area (Å²) in [5, 5.41) is 10.9. The van der Waals surface area contributed by atoms with E-state index in [2.05, 4.69) is 0 Å². The number of anilines is 1. The number of carbonyl (C=O) groups excluding carboxylic acids is 1. The molecule has 114 valence electrons. The summed E-state index contributed by atoms with van der Waals surface area (Å²) >= 11 is 0. The minimum Gasteiger partial charge on any atom is -0.478 e. The van der Waals surface area contributed by atoms with Crippen LogP contribution in [-0.4, -0.2) is 49.0 Å². The fourth-order valence-corrected chi connectivity index (χ4v) is 2.21. The minimum absolute atomic E-state index is 0.0463. The zero-order valence-corrected chi connectivity index (χ0v) is 12.4. The van der Waals surface area contributed by atoms with Gasteiger partial charge in [-0.3, -0.25) is 14.9 Å². The molecule has 0 spiro atoms. The minimum atomic E-state index is -0.527. The van der Waals surface area contributed by atoms with Crippen molar-refractivity contribution in [3.63, 3.8) is 0 Å². The van der Waals surface area contributed by atoms with E-state index in [4.69, 9.17) is 4.74 Å². The van der Waals surface area contributed by atoms with E-state index in [0.717, 1.165) is 0 Å². The van der Waals surface area contributed by atoms with E-state index in [-0.39, 0.29) is 11.6 Å². The van der Waals surface area contributed by atoms with Crippen molar-refractivity contribution in [2.24, 2.45) is 0 Å². The predicted octanol–water partition coefficient (Wildman–Crippen LogP) is 1.66. The number of fused-ring (bicyclic) bond motifs is 1. The van der Waals surface area contributed by atoms with Gasteiger partial charge >= 0.3 is 0 Å². The number of amides is 1. The maximum atomic E-state index is 12.4. The number of ether oxygens (including phenoxy) is 1. The summed E-state index contributed by atoms with van der Waals surface area (Å²) in [6.07, 6.45) is 0.0365. The molecule has 0 radical (unpaired) electrons. The van der Waals surface area contributed by atoms with Crippen molar-refractivity contribution in [1.82, 2.24) is 4.90 Å². The van der Waals surface area contributed by atoms with Crippen LogP contribution in [0.2, 0.25) is 0 Å². The van der Waals surface area contributed by atoms with Crippen molar-refractivity contribution in [1.29, 1.82) is 0 Å². The molecule has 1 aliphatic rings. The van der Waals surface area contributed by atoms with Crippen LogP contribution in [0.3, 0.4) is 0 Å². The van der Waals surface area contributed by atoms with Gasteiger partial charge in [-0.25, -0.2) is 0 Å². The highest BCUT2D eigenvalue weighted by Gasteiger charge is 2.34. The lowest BCUT2D eigenvalue weighted by molar-refractivity contribution is -0.384. The fraction of sp³-hybridized carbons (Fsp3) is 0.500. The molecule has 7 nitrogen and oxygen atoms in total. The van der Waals surface area contributed by atoms with E-state index in [0.29, 0.717) is 30.9 Å². The Labute approximate surface area is 123 Å². The second kappa shape index (κ2) is 6.09. The van der Waals surface area contributed by atoms with Gasteiger partial charge in [0.25, 0.3) is 11.6 Å². The smallest absolute Gasteiger partial charge is 0.271 e. The summed E-state index contributed by atoms with van der Waals surface area (Å²) < 4.78 is 5.64. The summed E-state index contributed by atoms with van der Waals surface area (Å²) in [7, 11) is 3.83. The third-order valence-corrected chi connectivity index (χ3v) is 3.40. The van der Waals surface area contributed by atoms with E-state index < -0.39 is 11.0 Å². The largest absolute Gasteiger partial charge is 0.478 e. The molecule has 1 unspecified atom stereocenters. The Bertz CT molecular complexity index is 559. The second-order valence-electron chi connectivity index (χ2n) is 5.22. The Morgan fingerprint density at radius 2 is 2.14 bits per heavy atom. The normalized spacial score (nSPS) is 17.6. The molecule has 0 aromatic heterocycles. The molecule has 21 heavy (non-hydrogen) atoms. The molecular formula is C14H19N3O4. The maximum Gasteiger partial charge on any atom is 0.271 e. The Balaban J connectivity index is 2.39. The first-order valence-electron chi connectivity index (χ1n) is 6.85. The van der Waals surface area contributed by atoms with Gasteiger partial charge in [-0.2, -0.15) is 0 Å². The first-order chi connectivity index (χ1) is 9.93. The monoisotopic (exact) mass is 293 g/mol. The van der Waals surface area contributed by atoms with Crippen LogP contribution < -0.4 is 9.64 Å². The molecule has 2 rings (SSSR count). The second-order valence-corrected chi connectivity index (χ2v) is 5.22. The molecule has 1 amide bonds. The van der Waals surface area contributed by atoms with Crippen LogP contribution in [-0.2, 0) is 4.79 Å². The zero-order valence-electron chi connectivity index (χ0n) is 12.4. The van der Waals surface area contributed by atoms with Gasteiger partial charge in [-0.1, -0.05) is 6.92 Å². The van der Waals surface area contributed by atoms with E-state index in [1.807, 2.05) is 25.9 Å². The summed E-state index contributed by atoms with van der Waals surface area (Å²) in [6, 6.07) is 4.35. The summed E-state index contributed by atoms with van der Waals surface area (Å²) in [5.74, 6) is 0.373. The molecule has 7 heteroatoms. The molecule has 0 aliphatic carbocycles. The average Bonchev–Trinajstić information content (AvgIpc) is 2.44. The molecule has 0 saturated heterocycles. The summed E-state index contributed by atoms with van der Waals surface area (Å²) in [6.45, 7) is 3.02. The number of non-ortho nitro benzene ring substituents is 1. The molecule has 1 aliphatic heterocycles. The van der Waals surface area contributed by atoms with Crippen molar-refractivity contribution in [3.05, 3.63) is 28.3 Å². The number of nitrogens with zero attached hydrogens (tertiary/aromatic N) is 3. The highest BCUT2D eigenvalue weighted by Crippen LogP contribution is 2.37. The Hall–Kier alpha value is -2.15. The van der Waals surface area contributed by atoms with E-state index in [1.165, 1.54) is 12.1 Å². The zero-order chi connectivity index (χ0) is 15.6. The number of nitro groups is 1. The van der Waals surface area contributed by atoms with Gasteiger partial charge in [-0.05, 0) is 26.6 Å². The molecule has 1 aromatic carbocycles. The SMILES string of the molecule is CCC1Oc2ccc([N+](=O)[O-])cc2N(CCN(C)C)C1=O. The lowest BCUT2D eigenvalue weighted by atomic mass is 10.1. The third-order valence-electron chi connectivity index (χ3n) is 3.40. The van der Waals surface area contributed by atoms with E-state index in [9.17, 15) is 14.9 Å². The van der Waals surface area contributed by atoms with E-state index >= 15 is 0 Å². The van der Waals surface area contributed by atoms with Crippen LogP contribution in [0.25, 0.3) is 0 Å². The molecular weight excluding hydrogens is 274 g/mol. The van der Waals surface area contributed by atoms with Gasteiger partial charge < -0.3 is 14.5 Å². The molecule has 0 bridgehead atoms. The number of hydrogen-bond donors (Lipinski definition) is 0. The van der Waals surface area contributed by atoms with Gasteiger partial charge in [0.2, 0.25) is 0 Å². The number of benzene rings is 1. The number of hydrogen-bond acceptors (Lipinski definition) is 5. The molecule has 1 heterocycles. The van der Waals surface area contributed by atoms with Crippen molar-refractivity contribution in [2.45, 2.75) is 19.4 Å². The van der Waals surface area contributed by atoms with Crippen molar-refractivity contribution < 1.29 is 14.5 Å². The predicted molar refractivity (Wildman–Crippen MR) is 78.7 cm³/mol. The van der Waals surface area contributed by atoms with Crippen LogP contribution in [0.1, 0.15) is 13.3 Å². The first-order valence-corrected chi connectivity index (χ1v) is 6.85. The topological polar surface area (TPSA) is 75.9 Å². The van der Waals surface area contributed by atoms with Crippen LogP contribution in [0.15, 0.2) is 18.2 Å². The van der Waals surface area contributed by atoms with Gasteiger partial charge in [0.1, 0.15) is 5.75 Å². The Morgan fingerprint density at radius 3 is 2.71 bits per heavy atom. The van der Waals surface area contributed by atoms with E-state index in [1.54, 1.807) is 11.0 Å². The van der Waals surface area contributed by atoms with Gasteiger partial charge in [0.05, 0.1) is 10.6 Å². The quantitative estimate of drug-likeness (QED) is 0.609. The Kier molecular flexibility index (Phi) is 4.42. The van der Waals surface area contributed by atoms with Crippen LogP contribution in [0.5, 0.6) is 5.75 Å². The third kappa shape index (κ3) is 3.13. The van der Waals surface area contributed by atoms with Crippen molar-refractivity contribution in [2.75, 3.05) is 32.1 Å². The molecule has 1 atom stereocenters. The lowest BCUT2D eigenvalue weighted by Gasteiger charge is -2.34. The first kappa shape index (κ1) is 15.2. The standard InChI is InChI=1S/C14H19N3O4/c1-4-12-14(18)16(8-7-15(2)3)11-9-10(17(19)20)5-6-13(11)21-12/h5-6,9,12H,4,7-8H2,1-3H3. The molecule has 0 N–H and O–H groups in total. The highest BCUT2D eigenvalue weighted by atomic mass is 16.6. The van der Waals surface area contributed by atoms with Crippen LogP contribution in [0.4, 0.5) is 11.4 Å². The molecule has 0 fully saturated rings. The van der Waals surface area contributed by atoms with Gasteiger partial charge in [0.15, 0.2) is 6.10 Å². The number of rotatable bonds is 5. The lowest BCUT2D eigenvalue weighted by Crippen LogP contribution is -2.47. The summed E-state index contributed by atoms with van der Waals surface area (Å²) in [5.41, 5.74) is 0.427. The van der Waals surface area contributed by atoms with Gasteiger partial charge in [-0.15, -0.1) is 0 Å². The summed E-state index contributed by atoms with van der Waals surface area (Å²) in [4.78, 5) is 26.4. The van der Waals surface area contributed by atoms with Crippen molar-refractivity contribution >= 4 is 17.3 Å². The fourth-order valence-electron chi connectivity index (χ4n) is 2.21. The number of likely N-dealkylation sites (N-methyl/N-ethyl adjacent to an activating group) is 1. The number of nitro benzene ring substituents is 1. The molecule has 1 aromatic rings. The molecule has 0 saturated carbocycles. The highest BCUT2D eigenvalue weighted by molar-refractivity contribution is 6.00. The van der Waals surface area contributed by atoms with Crippen molar-refractivity contribution in [3.8, 4) is 5.75 Å². The Morgan fingerprint density at radius 1 is 1.43 bits per heavy atom. The average molecular weight is 293 g/mol. The number of carbonyl (C=O) groups is 1.